The van der Waals surface area contributed by atoms with Gasteiger partial charge in [0, 0.05) is 13.1 Å². The van der Waals surface area contributed by atoms with E-state index in [1.54, 1.807) is 7.11 Å². The molecule has 1 saturated heterocycles. The van der Waals surface area contributed by atoms with Crippen LogP contribution in [0, 0.1) is 0 Å². The van der Waals surface area contributed by atoms with Crippen molar-refractivity contribution >= 4 is 27.5 Å². The van der Waals surface area contributed by atoms with Crippen molar-refractivity contribution in [2.24, 2.45) is 0 Å². The van der Waals surface area contributed by atoms with Gasteiger partial charge < -0.3 is 14.6 Å². The van der Waals surface area contributed by atoms with Gasteiger partial charge in [0.25, 0.3) is 0 Å². The van der Waals surface area contributed by atoms with Gasteiger partial charge in [-0.3, -0.25) is 4.90 Å². The van der Waals surface area contributed by atoms with Crippen molar-refractivity contribution in [2.75, 3.05) is 26.9 Å². The highest BCUT2D eigenvalue weighted by Crippen LogP contribution is 2.29. The van der Waals surface area contributed by atoms with Gasteiger partial charge in [-0.1, -0.05) is 23.7 Å². The van der Waals surface area contributed by atoms with Crippen LogP contribution >= 0.6 is 27.5 Å². The van der Waals surface area contributed by atoms with E-state index in [0.29, 0.717) is 22.9 Å². The van der Waals surface area contributed by atoms with E-state index in [4.69, 9.17) is 21.1 Å². The molecule has 7 heteroatoms. The Kier molecular flexibility index (Phi) is 6.30. The molecule has 1 aliphatic rings. The first-order valence-electron chi connectivity index (χ1n) is 8.01. The summed E-state index contributed by atoms with van der Waals surface area (Å²) < 4.78 is 11.8. The van der Waals surface area contributed by atoms with E-state index in [-0.39, 0.29) is 18.8 Å². The molecular weight excluding hydrogens is 408 g/mol. The molecule has 2 atom stereocenters. The Bertz CT molecular complexity index is 694. The van der Waals surface area contributed by atoms with E-state index in [1.807, 2.05) is 36.4 Å². The molecule has 0 bridgehead atoms. The monoisotopic (exact) mass is 426 g/mol. The molecule has 1 aliphatic heterocycles. The smallest absolute Gasteiger partial charge is 0.130 e. The van der Waals surface area contributed by atoms with Crippen molar-refractivity contribution in [3.63, 3.8) is 0 Å². The van der Waals surface area contributed by atoms with Gasteiger partial charge in [0.15, 0.2) is 0 Å². The third-order valence-corrected chi connectivity index (χ3v) is 4.92. The van der Waals surface area contributed by atoms with E-state index in [9.17, 15) is 5.11 Å². The number of aliphatic hydroxyl groups is 1. The Morgan fingerprint density at radius 3 is 2.76 bits per heavy atom. The van der Waals surface area contributed by atoms with Crippen LogP contribution in [0.3, 0.4) is 0 Å². The summed E-state index contributed by atoms with van der Waals surface area (Å²) in [5.74, 6) is 0.832. The van der Waals surface area contributed by atoms with Crippen LogP contribution in [0.4, 0.5) is 0 Å². The lowest BCUT2D eigenvalue weighted by molar-refractivity contribution is -0.0816. The number of aliphatic hydroxyl groups excluding tert-OH is 1. The first-order valence-corrected chi connectivity index (χ1v) is 9.18. The maximum absolute atomic E-state index is 9.69. The molecular formula is C18H20BrClN2O3. The summed E-state index contributed by atoms with van der Waals surface area (Å²) in [5, 5.41) is 10.1. The fraction of sp³-hybridized carbons (Fsp3) is 0.389. The van der Waals surface area contributed by atoms with Crippen LogP contribution in [-0.2, 0) is 11.3 Å². The summed E-state index contributed by atoms with van der Waals surface area (Å²) >= 11 is 9.43. The van der Waals surface area contributed by atoms with Crippen LogP contribution in [0.15, 0.2) is 41.0 Å². The molecule has 0 spiro atoms. The quantitative estimate of drug-likeness (QED) is 0.741. The standard InChI is InChI=1S/C18H20BrClN2O3/c1-24-15-4-2-12(3-5-15)8-22-9-16(25-11-14(22)10-23)13-6-17(19)21-18(20)7-13/h2-7,14,16,23H,8-11H2,1H3/t14-,16-/m0/s1. The molecule has 134 valence electrons. The van der Waals surface area contributed by atoms with Crippen LogP contribution in [0.1, 0.15) is 17.2 Å². The summed E-state index contributed by atoms with van der Waals surface area (Å²) in [7, 11) is 1.65. The first kappa shape index (κ1) is 18.6. The molecule has 1 N–H and O–H groups in total. The first-order chi connectivity index (χ1) is 12.1. The minimum absolute atomic E-state index is 0.0286. The second-order valence-electron chi connectivity index (χ2n) is 5.98. The van der Waals surface area contributed by atoms with Gasteiger partial charge in [-0.25, -0.2) is 4.98 Å². The second-order valence-corrected chi connectivity index (χ2v) is 7.18. The molecule has 2 heterocycles. The molecule has 5 nitrogen and oxygen atoms in total. The highest BCUT2D eigenvalue weighted by atomic mass is 79.9. The Labute approximate surface area is 160 Å². The van der Waals surface area contributed by atoms with E-state index in [2.05, 4.69) is 25.8 Å². The Morgan fingerprint density at radius 1 is 1.36 bits per heavy atom. The van der Waals surface area contributed by atoms with Crippen LogP contribution < -0.4 is 4.74 Å². The minimum atomic E-state index is -0.113. The van der Waals surface area contributed by atoms with Crippen molar-refractivity contribution in [3.8, 4) is 5.75 Å². The van der Waals surface area contributed by atoms with Crippen molar-refractivity contribution < 1.29 is 14.6 Å². The number of rotatable bonds is 5. The predicted molar refractivity (Wildman–Crippen MR) is 99.9 cm³/mol. The highest BCUT2D eigenvalue weighted by molar-refractivity contribution is 9.10. The SMILES string of the molecule is COc1ccc(CN2C[C@@H](c3cc(Cl)nc(Br)c3)OC[C@@H]2CO)cc1. The Morgan fingerprint density at radius 2 is 2.12 bits per heavy atom. The Hall–Kier alpha value is -1.18. The molecule has 1 aromatic carbocycles. The molecule has 0 aliphatic carbocycles. The number of hydrogen-bond acceptors (Lipinski definition) is 5. The number of ether oxygens (including phenoxy) is 2. The molecule has 0 unspecified atom stereocenters. The molecule has 0 saturated carbocycles. The number of hydrogen-bond donors (Lipinski definition) is 1. The summed E-state index contributed by atoms with van der Waals surface area (Å²) in [4.78, 5) is 6.36. The molecule has 0 radical (unpaired) electrons. The van der Waals surface area contributed by atoms with Gasteiger partial charge in [-0.15, -0.1) is 0 Å². The molecule has 2 aromatic rings. The minimum Gasteiger partial charge on any atom is -0.497 e. The number of aromatic nitrogens is 1. The van der Waals surface area contributed by atoms with E-state index < -0.39 is 0 Å². The lowest BCUT2D eigenvalue weighted by Gasteiger charge is -2.39. The number of morpholine rings is 1. The van der Waals surface area contributed by atoms with Gasteiger partial charge >= 0.3 is 0 Å². The second kappa shape index (κ2) is 8.47. The van der Waals surface area contributed by atoms with Crippen LogP contribution in [-0.4, -0.2) is 47.9 Å². The molecule has 3 rings (SSSR count). The summed E-state index contributed by atoms with van der Waals surface area (Å²) in [6, 6.07) is 11.7. The Balaban J connectivity index is 1.75. The van der Waals surface area contributed by atoms with Crippen molar-refractivity contribution in [1.29, 1.82) is 0 Å². The zero-order valence-corrected chi connectivity index (χ0v) is 16.2. The lowest BCUT2D eigenvalue weighted by Crippen LogP contribution is -2.48. The van der Waals surface area contributed by atoms with Crippen LogP contribution in [0.25, 0.3) is 0 Å². The maximum atomic E-state index is 9.69. The average Bonchev–Trinajstić information content (AvgIpc) is 2.61. The largest absolute Gasteiger partial charge is 0.497 e. The van der Waals surface area contributed by atoms with Crippen LogP contribution in [0.5, 0.6) is 5.75 Å². The third-order valence-electron chi connectivity index (χ3n) is 4.32. The summed E-state index contributed by atoms with van der Waals surface area (Å²) in [6.45, 7) is 1.93. The number of nitrogens with zero attached hydrogens (tertiary/aromatic N) is 2. The third kappa shape index (κ3) is 4.71. The number of benzene rings is 1. The zero-order valence-electron chi connectivity index (χ0n) is 13.9. The van der Waals surface area contributed by atoms with Crippen molar-refractivity contribution in [2.45, 2.75) is 18.7 Å². The van der Waals surface area contributed by atoms with E-state index in [1.165, 1.54) is 0 Å². The van der Waals surface area contributed by atoms with Crippen molar-refractivity contribution in [1.82, 2.24) is 9.88 Å². The number of halogens is 2. The van der Waals surface area contributed by atoms with Gasteiger partial charge in [0.1, 0.15) is 15.5 Å². The summed E-state index contributed by atoms with van der Waals surface area (Å²) in [6.07, 6.45) is -0.113. The molecule has 25 heavy (non-hydrogen) atoms. The van der Waals surface area contributed by atoms with Gasteiger partial charge in [0.05, 0.1) is 32.5 Å². The van der Waals surface area contributed by atoms with Gasteiger partial charge in [0.2, 0.25) is 0 Å². The highest BCUT2D eigenvalue weighted by Gasteiger charge is 2.29. The lowest BCUT2D eigenvalue weighted by atomic mass is 10.1. The average molecular weight is 428 g/mol. The number of pyridine rings is 1. The topological polar surface area (TPSA) is 54.8 Å². The fourth-order valence-electron chi connectivity index (χ4n) is 2.95. The predicted octanol–water partition coefficient (Wildman–Crippen LogP) is 3.44. The maximum Gasteiger partial charge on any atom is 0.130 e. The van der Waals surface area contributed by atoms with Crippen LogP contribution in [0.2, 0.25) is 5.15 Å². The summed E-state index contributed by atoms with van der Waals surface area (Å²) in [5.41, 5.74) is 2.14. The zero-order chi connectivity index (χ0) is 17.8. The fourth-order valence-corrected chi connectivity index (χ4v) is 3.72. The van der Waals surface area contributed by atoms with Crippen molar-refractivity contribution in [3.05, 3.63) is 57.3 Å². The van der Waals surface area contributed by atoms with E-state index in [0.717, 1.165) is 23.4 Å². The van der Waals surface area contributed by atoms with E-state index >= 15 is 0 Å². The van der Waals surface area contributed by atoms with Gasteiger partial charge in [-0.05, 0) is 51.3 Å². The molecule has 0 amide bonds. The molecule has 1 aromatic heterocycles. The van der Waals surface area contributed by atoms with Gasteiger partial charge in [-0.2, -0.15) is 0 Å². The normalized spacial score (nSPS) is 21.3. The molecule has 1 fully saturated rings. The number of methoxy groups -OCH3 is 1.